The fraction of sp³-hybridized carbons (Fsp3) is 1.00. The number of rotatable bonds is 12. The maximum absolute atomic E-state index is 6.08. The Labute approximate surface area is 136 Å². The van der Waals surface area contributed by atoms with Crippen LogP contribution in [0.15, 0.2) is 0 Å². The van der Waals surface area contributed by atoms with Crippen LogP contribution < -0.4 is 0 Å². The van der Waals surface area contributed by atoms with Crippen molar-refractivity contribution in [3.8, 4) is 0 Å². The summed E-state index contributed by atoms with van der Waals surface area (Å²) < 4.78 is 24.3. The Morgan fingerprint density at radius 2 is 0.667 bits per heavy atom. The van der Waals surface area contributed by atoms with E-state index in [1.54, 1.807) is 0 Å². The molecule has 0 aromatic rings. The zero-order valence-electron chi connectivity index (χ0n) is 15.2. The molecule has 0 amide bonds. The molecule has 0 saturated heterocycles. The Morgan fingerprint density at radius 1 is 0.476 bits per heavy atom. The molecule has 0 aliphatic heterocycles. The van der Waals surface area contributed by atoms with Crippen LogP contribution in [-0.2, 0) is 31.1 Å². The van der Waals surface area contributed by atoms with Gasteiger partial charge in [0.05, 0.1) is 0 Å². The summed E-state index contributed by atoms with van der Waals surface area (Å²) in [5.74, 6) is 1.75. The van der Waals surface area contributed by atoms with E-state index in [0.717, 1.165) is 0 Å². The summed E-state index contributed by atoms with van der Waals surface area (Å²) in [5.41, 5.74) is 0. The van der Waals surface area contributed by atoms with Crippen LogP contribution in [0.5, 0.6) is 0 Å². The fourth-order valence-corrected chi connectivity index (χ4v) is 8.85. The van der Waals surface area contributed by atoms with Crippen molar-refractivity contribution >= 4 is 0 Å². The van der Waals surface area contributed by atoms with Crippen molar-refractivity contribution in [1.82, 2.24) is 0 Å². The van der Waals surface area contributed by atoms with E-state index < -0.39 is 17.6 Å². The minimum atomic E-state index is -3.88. The monoisotopic (exact) mass is 476 g/mol. The summed E-state index contributed by atoms with van der Waals surface area (Å²) >= 11 is -3.88. The molecule has 0 unspecified atom stereocenters. The number of hydrogen-bond donors (Lipinski definition) is 0. The first-order chi connectivity index (χ1) is 9.67. The van der Waals surface area contributed by atoms with E-state index in [1.807, 2.05) is 0 Å². The van der Waals surface area contributed by atoms with Gasteiger partial charge in [0, 0.05) is 0 Å². The Balaban J connectivity index is 4.85. The van der Waals surface area contributed by atoms with Crippen LogP contribution in [0.2, 0.25) is 0 Å². The van der Waals surface area contributed by atoms with E-state index in [9.17, 15) is 0 Å². The molecule has 0 rings (SSSR count). The Morgan fingerprint density at radius 3 is 0.810 bits per heavy atom. The van der Waals surface area contributed by atoms with Gasteiger partial charge in [-0.2, -0.15) is 0 Å². The Hall–Kier alpha value is 0.528. The molecule has 130 valence electrons. The van der Waals surface area contributed by atoms with E-state index in [0.29, 0.717) is 50.1 Å². The summed E-state index contributed by atoms with van der Waals surface area (Å²) in [7, 11) is 0. The van der Waals surface area contributed by atoms with E-state index in [-0.39, 0.29) is 0 Å². The van der Waals surface area contributed by atoms with Crippen molar-refractivity contribution in [2.45, 2.75) is 55.4 Å². The first-order valence-electron chi connectivity index (χ1n) is 8.07. The molecule has 0 heterocycles. The van der Waals surface area contributed by atoms with Gasteiger partial charge >= 0.3 is 137 Å². The van der Waals surface area contributed by atoms with Crippen molar-refractivity contribution in [3.63, 3.8) is 0 Å². The second-order valence-electron chi connectivity index (χ2n) is 7.12. The van der Waals surface area contributed by atoms with Gasteiger partial charge in [0.1, 0.15) is 0 Å². The Kier molecular flexibility index (Phi) is 11.4. The van der Waals surface area contributed by atoms with E-state index in [2.05, 4.69) is 55.4 Å². The molecule has 0 spiro atoms. The standard InChI is InChI=1S/4C4H9O.W/c4*1-4(2)3-5;/h4*4H,3H2,1-2H3;/q4*-1;+4. The first-order valence-corrected chi connectivity index (χ1v) is 12.9. The van der Waals surface area contributed by atoms with Crippen LogP contribution in [0.1, 0.15) is 55.4 Å². The quantitative estimate of drug-likeness (QED) is 0.416. The molecule has 0 saturated carbocycles. The SMILES string of the molecule is CC(C)C[O][W]([O]CC(C)C)([O]CC(C)C)[O]CC(C)C. The molecule has 0 atom stereocenters. The van der Waals surface area contributed by atoms with Crippen LogP contribution in [0.25, 0.3) is 0 Å². The second-order valence-corrected chi connectivity index (χ2v) is 13.4. The minimum absolute atomic E-state index is 0.438. The average Bonchev–Trinajstić information content (AvgIpc) is 2.36. The summed E-state index contributed by atoms with van der Waals surface area (Å²) in [5, 5.41) is 0. The van der Waals surface area contributed by atoms with Crippen molar-refractivity contribution in [3.05, 3.63) is 0 Å². The topological polar surface area (TPSA) is 36.9 Å². The van der Waals surface area contributed by atoms with Crippen LogP contribution >= 0.6 is 0 Å². The third kappa shape index (κ3) is 11.7. The molecule has 21 heavy (non-hydrogen) atoms. The van der Waals surface area contributed by atoms with Gasteiger partial charge in [-0.25, -0.2) is 0 Å². The van der Waals surface area contributed by atoms with Gasteiger partial charge in [0.25, 0.3) is 0 Å². The van der Waals surface area contributed by atoms with Gasteiger partial charge in [-0.1, -0.05) is 0 Å². The average molecular weight is 476 g/mol. The van der Waals surface area contributed by atoms with Crippen molar-refractivity contribution in [1.29, 1.82) is 0 Å². The van der Waals surface area contributed by atoms with Crippen molar-refractivity contribution < 1.29 is 31.1 Å². The van der Waals surface area contributed by atoms with Gasteiger partial charge in [0.15, 0.2) is 0 Å². The Bertz CT molecular complexity index is 201. The molecular formula is C16H36O4W. The van der Waals surface area contributed by atoms with Crippen LogP contribution in [0, 0.1) is 23.7 Å². The predicted octanol–water partition coefficient (Wildman–Crippen LogP) is 4.49. The second kappa shape index (κ2) is 11.1. The fourth-order valence-electron chi connectivity index (χ4n) is 1.08. The zero-order chi connectivity index (χ0) is 16.5. The van der Waals surface area contributed by atoms with Gasteiger partial charge < -0.3 is 0 Å². The first kappa shape index (κ1) is 21.5. The molecule has 0 aliphatic carbocycles. The van der Waals surface area contributed by atoms with Crippen LogP contribution in [0.3, 0.4) is 0 Å². The molecule has 5 heteroatoms. The molecular weight excluding hydrogens is 440 g/mol. The van der Waals surface area contributed by atoms with E-state index in [4.69, 9.17) is 13.6 Å². The maximum atomic E-state index is 6.08. The van der Waals surface area contributed by atoms with E-state index in [1.165, 1.54) is 0 Å². The van der Waals surface area contributed by atoms with Gasteiger partial charge in [0.2, 0.25) is 0 Å². The summed E-state index contributed by atoms with van der Waals surface area (Å²) in [4.78, 5) is 0. The predicted molar refractivity (Wildman–Crippen MR) is 83.2 cm³/mol. The third-order valence-corrected chi connectivity index (χ3v) is 8.29. The van der Waals surface area contributed by atoms with Crippen molar-refractivity contribution in [2.24, 2.45) is 23.7 Å². The summed E-state index contributed by atoms with van der Waals surface area (Å²) in [6, 6.07) is 0. The van der Waals surface area contributed by atoms with Gasteiger partial charge in [-0.05, 0) is 0 Å². The molecule has 0 aromatic carbocycles. The molecule has 0 aliphatic rings. The summed E-state index contributed by atoms with van der Waals surface area (Å²) in [6.45, 7) is 19.5. The molecule has 0 N–H and O–H groups in total. The molecule has 4 nitrogen and oxygen atoms in total. The van der Waals surface area contributed by atoms with Crippen LogP contribution in [0.4, 0.5) is 0 Å². The molecule has 0 radical (unpaired) electrons. The van der Waals surface area contributed by atoms with Crippen LogP contribution in [-0.4, -0.2) is 26.4 Å². The molecule has 0 bridgehead atoms. The molecule has 0 fully saturated rings. The van der Waals surface area contributed by atoms with Gasteiger partial charge in [-0.15, -0.1) is 0 Å². The van der Waals surface area contributed by atoms with Gasteiger partial charge in [-0.3, -0.25) is 0 Å². The molecule has 0 aromatic heterocycles. The van der Waals surface area contributed by atoms with E-state index >= 15 is 0 Å². The third-order valence-electron chi connectivity index (χ3n) is 2.18. The van der Waals surface area contributed by atoms with Crippen molar-refractivity contribution in [2.75, 3.05) is 26.4 Å². The number of hydrogen-bond acceptors (Lipinski definition) is 4. The summed E-state index contributed by atoms with van der Waals surface area (Å²) in [6.07, 6.45) is 0. The zero-order valence-corrected chi connectivity index (χ0v) is 18.1. The normalized spacial score (nSPS) is 13.9.